The average molecular weight is 568 g/mol. The SMILES string of the molecule is CC(C)(C)[Si](C)(C)OCc1nn2ccc(F)cc2c1-c1nc(Cl)c(F)c(Nc2ccc(OC(F)F)cc2)n1. The first-order chi connectivity index (χ1) is 17.7. The number of benzene rings is 1. The first-order valence-corrected chi connectivity index (χ1v) is 14.9. The van der Waals surface area contributed by atoms with E-state index in [2.05, 4.69) is 59.0 Å². The molecule has 38 heavy (non-hydrogen) atoms. The van der Waals surface area contributed by atoms with Crippen LogP contribution in [0.15, 0.2) is 42.6 Å². The van der Waals surface area contributed by atoms with E-state index in [1.807, 2.05) is 0 Å². The second-order valence-electron chi connectivity index (χ2n) is 10.1. The smallest absolute Gasteiger partial charge is 0.387 e. The minimum Gasteiger partial charge on any atom is -0.435 e. The standard InChI is InChI=1S/C25H26ClF4N5O2Si/c1-25(2,3)38(4,5)36-13-17-19(18-12-14(27)10-11-35(18)34-17)22-32-21(26)20(28)23(33-22)31-15-6-8-16(9-7-15)37-24(29)30/h6-12,24H,13H2,1-5H3,(H,31,32,33). The van der Waals surface area contributed by atoms with E-state index in [0.717, 1.165) is 0 Å². The van der Waals surface area contributed by atoms with Crippen LogP contribution in [0.1, 0.15) is 26.5 Å². The van der Waals surface area contributed by atoms with Crippen molar-refractivity contribution >= 4 is 36.9 Å². The Morgan fingerprint density at radius 1 is 1.08 bits per heavy atom. The van der Waals surface area contributed by atoms with Crippen molar-refractivity contribution in [2.24, 2.45) is 0 Å². The number of hydrogen-bond donors (Lipinski definition) is 1. The van der Waals surface area contributed by atoms with Crippen LogP contribution in [0.3, 0.4) is 0 Å². The average Bonchev–Trinajstić information content (AvgIpc) is 3.18. The monoisotopic (exact) mass is 567 g/mol. The highest BCUT2D eigenvalue weighted by Gasteiger charge is 2.37. The van der Waals surface area contributed by atoms with E-state index in [0.29, 0.717) is 22.5 Å². The van der Waals surface area contributed by atoms with Gasteiger partial charge in [0.25, 0.3) is 0 Å². The molecule has 0 saturated carbocycles. The zero-order valence-corrected chi connectivity index (χ0v) is 23.1. The summed E-state index contributed by atoms with van der Waals surface area (Å²) >= 11 is 6.13. The zero-order chi connectivity index (χ0) is 27.8. The minimum absolute atomic E-state index is 0.00554. The molecule has 0 bridgehead atoms. The molecule has 13 heteroatoms. The molecule has 202 valence electrons. The van der Waals surface area contributed by atoms with Gasteiger partial charge in [0.1, 0.15) is 11.6 Å². The molecule has 1 N–H and O–H groups in total. The van der Waals surface area contributed by atoms with Gasteiger partial charge in [0.2, 0.25) is 5.82 Å². The highest BCUT2D eigenvalue weighted by Crippen LogP contribution is 2.38. The first kappa shape index (κ1) is 27.8. The molecular weight excluding hydrogens is 542 g/mol. The summed E-state index contributed by atoms with van der Waals surface area (Å²) in [7, 11) is -2.19. The van der Waals surface area contributed by atoms with Crippen LogP contribution in [0.4, 0.5) is 29.1 Å². The fourth-order valence-corrected chi connectivity index (χ4v) is 4.45. The number of halogens is 5. The van der Waals surface area contributed by atoms with Gasteiger partial charge in [-0.1, -0.05) is 32.4 Å². The fourth-order valence-electron chi connectivity index (χ4n) is 3.35. The Balaban J connectivity index is 1.76. The molecule has 3 heterocycles. The lowest BCUT2D eigenvalue weighted by atomic mass is 10.2. The molecule has 0 unspecified atom stereocenters. The molecule has 3 aromatic heterocycles. The van der Waals surface area contributed by atoms with Gasteiger partial charge in [-0.2, -0.15) is 18.3 Å². The van der Waals surface area contributed by atoms with E-state index in [1.54, 1.807) is 0 Å². The number of hydrogen-bond acceptors (Lipinski definition) is 6. The Morgan fingerprint density at radius 3 is 2.39 bits per heavy atom. The Morgan fingerprint density at radius 2 is 1.76 bits per heavy atom. The van der Waals surface area contributed by atoms with E-state index in [-0.39, 0.29) is 29.0 Å². The summed E-state index contributed by atoms with van der Waals surface area (Å²) in [5.41, 5.74) is 1.45. The minimum atomic E-state index is -2.97. The molecule has 0 amide bonds. The van der Waals surface area contributed by atoms with Gasteiger partial charge in [-0.3, -0.25) is 0 Å². The van der Waals surface area contributed by atoms with Gasteiger partial charge >= 0.3 is 6.61 Å². The lowest BCUT2D eigenvalue weighted by molar-refractivity contribution is -0.0498. The molecule has 4 aromatic rings. The first-order valence-electron chi connectivity index (χ1n) is 11.6. The summed E-state index contributed by atoms with van der Waals surface area (Å²) < 4.78 is 66.2. The Hall–Kier alpha value is -3.22. The van der Waals surface area contributed by atoms with Crippen LogP contribution in [0.25, 0.3) is 16.9 Å². The second kappa shape index (κ2) is 10.5. The number of ether oxygens (including phenoxy) is 1. The normalized spacial score (nSPS) is 12.4. The molecule has 1 aromatic carbocycles. The van der Waals surface area contributed by atoms with Crippen LogP contribution in [-0.4, -0.2) is 34.5 Å². The predicted octanol–water partition coefficient (Wildman–Crippen LogP) is 7.59. The molecule has 0 aliphatic heterocycles. The third kappa shape index (κ3) is 5.92. The van der Waals surface area contributed by atoms with Gasteiger partial charge in [0.15, 0.2) is 25.1 Å². The van der Waals surface area contributed by atoms with Gasteiger partial charge in [0, 0.05) is 18.0 Å². The number of fused-ring (bicyclic) bond motifs is 1. The summed E-state index contributed by atoms with van der Waals surface area (Å²) in [6.45, 7) is 7.62. The maximum absolute atomic E-state index is 14.9. The number of nitrogens with zero attached hydrogens (tertiary/aromatic N) is 4. The van der Waals surface area contributed by atoms with Crippen molar-refractivity contribution < 1.29 is 26.7 Å². The number of pyridine rings is 1. The van der Waals surface area contributed by atoms with Crippen molar-refractivity contribution in [3.8, 4) is 17.1 Å². The van der Waals surface area contributed by atoms with Gasteiger partial charge < -0.3 is 14.5 Å². The number of alkyl halides is 2. The van der Waals surface area contributed by atoms with Crippen molar-refractivity contribution in [1.29, 1.82) is 0 Å². The van der Waals surface area contributed by atoms with E-state index >= 15 is 0 Å². The van der Waals surface area contributed by atoms with Crippen molar-refractivity contribution in [1.82, 2.24) is 19.6 Å². The molecular formula is C25H26ClF4N5O2Si. The molecule has 4 rings (SSSR count). The molecule has 0 aliphatic carbocycles. The van der Waals surface area contributed by atoms with E-state index in [1.165, 1.54) is 47.1 Å². The van der Waals surface area contributed by atoms with Crippen molar-refractivity contribution in [3.05, 3.63) is 65.1 Å². The second-order valence-corrected chi connectivity index (χ2v) is 15.2. The van der Waals surface area contributed by atoms with E-state index < -0.39 is 31.7 Å². The summed E-state index contributed by atoms with van der Waals surface area (Å²) in [6, 6.07) is 7.94. The van der Waals surface area contributed by atoms with Gasteiger partial charge in [-0.05, 0) is 48.5 Å². The van der Waals surface area contributed by atoms with Gasteiger partial charge in [-0.25, -0.2) is 18.9 Å². The van der Waals surface area contributed by atoms with Crippen LogP contribution >= 0.6 is 11.6 Å². The Bertz CT molecular complexity index is 1460. The maximum Gasteiger partial charge on any atom is 0.387 e. The number of rotatable bonds is 8. The van der Waals surface area contributed by atoms with Crippen LogP contribution in [0.2, 0.25) is 23.3 Å². The highest BCUT2D eigenvalue weighted by atomic mass is 35.5. The Kier molecular flexibility index (Phi) is 7.68. The summed E-state index contributed by atoms with van der Waals surface area (Å²) in [5.74, 6) is -1.76. The molecule has 0 saturated heterocycles. The lowest BCUT2D eigenvalue weighted by Crippen LogP contribution is -2.40. The highest BCUT2D eigenvalue weighted by molar-refractivity contribution is 6.74. The fraction of sp³-hybridized carbons (Fsp3) is 0.320. The lowest BCUT2D eigenvalue weighted by Gasteiger charge is -2.35. The maximum atomic E-state index is 14.9. The predicted molar refractivity (Wildman–Crippen MR) is 139 cm³/mol. The van der Waals surface area contributed by atoms with Gasteiger partial charge in [-0.15, -0.1) is 0 Å². The van der Waals surface area contributed by atoms with Crippen molar-refractivity contribution in [2.45, 2.75) is 52.1 Å². The molecule has 0 spiro atoms. The van der Waals surface area contributed by atoms with Crippen LogP contribution < -0.4 is 10.1 Å². The largest absolute Gasteiger partial charge is 0.435 e. The molecule has 7 nitrogen and oxygen atoms in total. The zero-order valence-electron chi connectivity index (χ0n) is 21.3. The molecule has 0 fully saturated rings. The van der Waals surface area contributed by atoms with Gasteiger partial charge in [0.05, 0.1) is 23.4 Å². The summed E-state index contributed by atoms with van der Waals surface area (Å²) in [4.78, 5) is 8.44. The quantitative estimate of drug-likeness (QED) is 0.134. The molecule has 0 radical (unpaired) electrons. The molecule has 0 aliphatic rings. The van der Waals surface area contributed by atoms with Crippen LogP contribution in [-0.2, 0) is 11.0 Å². The summed E-state index contributed by atoms with van der Waals surface area (Å²) in [5, 5.41) is 6.78. The number of aromatic nitrogens is 4. The number of anilines is 2. The van der Waals surface area contributed by atoms with E-state index in [9.17, 15) is 17.6 Å². The van der Waals surface area contributed by atoms with E-state index in [4.69, 9.17) is 16.0 Å². The Labute approximate surface area is 222 Å². The number of nitrogens with one attached hydrogen (secondary N) is 1. The van der Waals surface area contributed by atoms with Crippen LogP contribution in [0.5, 0.6) is 5.75 Å². The van der Waals surface area contributed by atoms with Crippen LogP contribution in [0, 0.1) is 11.6 Å². The third-order valence-corrected chi connectivity index (χ3v) is 11.2. The third-order valence-electron chi connectivity index (χ3n) is 6.42. The topological polar surface area (TPSA) is 73.6 Å². The molecule has 0 atom stereocenters. The summed E-state index contributed by atoms with van der Waals surface area (Å²) in [6.07, 6.45) is 1.46. The van der Waals surface area contributed by atoms with Crippen molar-refractivity contribution in [2.75, 3.05) is 5.32 Å². The van der Waals surface area contributed by atoms with Crippen molar-refractivity contribution in [3.63, 3.8) is 0 Å².